The SMILES string of the molecule is CC(C)CC(=O)N1CCC(NC(=O)c2n[nH]c3ccccc23)CC1. The molecule has 0 saturated carbocycles. The summed E-state index contributed by atoms with van der Waals surface area (Å²) in [6.07, 6.45) is 2.17. The third-order valence-corrected chi connectivity index (χ3v) is 4.45. The molecule has 2 amide bonds. The Kier molecular flexibility index (Phi) is 4.83. The summed E-state index contributed by atoms with van der Waals surface area (Å²) in [4.78, 5) is 26.5. The Bertz CT molecular complexity index is 729. The second kappa shape index (κ2) is 7.03. The smallest absolute Gasteiger partial charge is 0.272 e. The highest BCUT2D eigenvalue weighted by Gasteiger charge is 2.25. The number of nitrogens with one attached hydrogen (secondary N) is 2. The lowest BCUT2D eigenvalue weighted by atomic mass is 10.0. The van der Waals surface area contributed by atoms with E-state index in [0.717, 1.165) is 23.7 Å². The number of hydrogen-bond acceptors (Lipinski definition) is 3. The first-order valence-electron chi connectivity index (χ1n) is 8.56. The third kappa shape index (κ3) is 3.58. The van der Waals surface area contributed by atoms with Crippen molar-refractivity contribution in [3.63, 3.8) is 0 Å². The lowest BCUT2D eigenvalue weighted by Gasteiger charge is -2.32. The maximum absolute atomic E-state index is 12.5. The molecule has 2 N–H and O–H groups in total. The number of carbonyl (C=O) groups excluding carboxylic acids is 2. The first kappa shape index (κ1) is 16.5. The Labute approximate surface area is 141 Å². The molecule has 6 heteroatoms. The van der Waals surface area contributed by atoms with Gasteiger partial charge < -0.3 is 10.2 Å². The van der Waals surface area contributed by atoms with Gasteiger partial charge in [0.2, 0.25) is 5.91 Å². The fourth-order valence-electron chi connectivity index (χ4n) is 3.14. The monoisotopic (exact) mass is 328 g/mol. The average molecular weight is 328 g/mol. The number of amides is 2. The number of fused-ring (bicyclic) bond motifs is 1. The Hall–Kier alpha value is -2.37. The van der Waals surface area contributed by atoms with E-state index in [1.54, 1.807) is 0 Å². The van der Waals surface area contributed by atoms with Crippen molar-refractivity contribution in [2.45, 2.75) is 39.2 Å². The molecule has 128 valence electrons. The van der Waals surface area contributed by atoms with E-state index in [9.17, 15) is 9.59 Å². The van der Waals surface area contributed by atoms with Gasteiger partial charge in [0.25, 0.3) is 5.91 Å². The topological polar surface area (TPSA) is 78.1 Å². The summed E-state index contributed by atoms with van der Waals surface area (Å²) in [6.45, 7) is 5.52. The number of likely N-dealkylation sites (tertiary alicyclic amines) is 1. The van der Waals surface area contributed by atoms with Gasteiger partial charge in [-0.05, 0) is 24.8 Å². The normalized spacial score (nSPS) is 15.9. The summed E-state index contributed by atoms with van der Waals surface area (Å²) in [5, 5.41) is 10.9. The van der Waals surface area contributed by atoms with Crippen LogP contribution in [0.15, 0.2) is 24.3 Å². The summed E-state index contributed by atoms with van der Waals surface area (Å²) in [7, 11) is 0. The van der Waals surface area contributed by atoms with Gasteiger partial charge in [0.15, 0.2) is 5.69 Å². The van der Waals surface area contributed by atoms with Gasteiger partial charge in [-0.3, -0.25) is 14.7 Å². The maximum atomic E-state index is 12.5. The standard InChI is InChI=1S/C18H24N4O2/c1-12(2)11-16(23)22-9-7-13(8-10-22)19-18(24)17-14-5-3-4-6-15(14)20-21-17/h3-6,12-13H,7-11H2,1-2H3,(H,19,24)(H,20,21). The van der Waals surface area contributed by atoms with Crippen molar-refractivity contribution >= 4 is 22.7 Å². The molecule has 1 aromatic heterocycles. The van der Waals surface area contributed by atoms with Crippen LogP contribution in [0.3, 0.4) is 0 Å². The Morgan fingerprint density at radius 3 is 2.71 bits per heavy atom. The molecule has 24 heavy (non-hydrogen) atoms. The molecule has 6 nitrogen and oxygen atoms in total. The quantitative estimate of drug-likeness (QED) is 0.904. The van der Waals surface area contributed by atoms with Gasteiger partial charge >= 0.3 is 0 Å². The molecular formula is C18H24N4O2. The number of aromatic amines is 1. The number of nitrogens with zero attached hydrogens (tertiary/aromatic N) is 2. The van der Waals surface area contributed by atoms with E-state index in [1.165, 1.54) is 0 Å². The molecule has 1 aliphatic heterocycles. The van der Waals surface area contributed by atoms with E-state index in [-0.39, 0.29) is 17.9 Å². The van der Waals surface area contributed by atoms with Gasteiger partial charge in [-0.1, -0.05) is 32.0 Å². The van der Waals surface area contributed by atoms with Gasteiger partial charge in [-0.25, -0.2) is 0 Å². The second-order valence-corrected chi connectivity index (χ2v) is 6.84. The molecule has 0 bridgehead atoms. The van der Waals surface area contributed by atoms with Crippen molar-refractivity contribution < 1.29 is 9.59 Å². The van der Waals surface area contributed by atoms with Crippen LogP contribution in [0.1, 0.15) is 43.6 Å². The lowest BCUT2D eigenvalue weighted by Crippen LogP contribution is -2.46. The lowest BCUT2D eigenvalue weighted by molar-refractivity contribution is -0.133. The van der Waals surface area contributed by atoms with Gasteiger partial charge in [0.1, 0.15) is 0 Å². The second-order valence-electron chi connectivity index (χ2n) is 6.84. The molecule has 0 aliphatic carbocycles. The van der Waals surface area contributed by atoms with Gasteiger partial charge in [-0.15, -0.1) is 0 Å². The minimum Gasteiger partial charge on any atom is -0.348 e. The maximum Gasteiger partial charge on any atom is 0.272 e. The summed E-state index contributed by atoms with van der Waals surface area (Å²) in [5.41, 5.74) is 1.29. The first-order valence-corrected chi connectivity index (χ1v) is 8.56. The van der Waals surface area contributed by atoms with Crippen LogP contribution in [0.25, 0.3) is 10.9 Å². The fourth-order valence-corrected chi connectivity index (χ4v) is 3.14. The van der Waals surface area contributed by atoms with Gasteiger partial charge in [0, 0.05) is 30.9 Å². The third-order valence-electron chi connectivity index (χ3n) is 4.45. The zero-order valence-electron chi connectivity index (χ0n) is 14.2. The van der Waals surface area contributed by atoms with Crippen LogP contribution < -0.4 is 5.32 Å². The number of H-pyrrole nitrogens is 1. The van der Waals surface area contributed by atoms with Crippen molar-refractivity contribution in [3.8, 4) is 0 Å². The molecule has 0 atom stereocenters. The Morgan fingerprint density at radius 1 is 1.29 bits per heavy atom. The molecular weight excluding hydrogens is 304 g/mol. The van der Waals surface area contributed by atoms with E-state index in [2.05, 4.69) is 29.4 Å². The summed E-state index contributed by atoms with van der Waals surface area (Å²) < 4.78 is 0. The minimum atomic E-state index is -0.153. The van der Waals surface area contributed by atoms with Crippen LogP contribution in [0, 0.1) is 5.92 Å². The molecule has 2 heterocycles. The largest absolute Gasteiger partial charge is 0.348 e. The summed E-state index contributed by atoms with van der Waals surface area (Å²) in [5.74, 6) is 0.440. The Morgan fingerprint density at radius 2 is 2.00 bits per heavy atom. The number of piperidine rings is 1. The number of hydrogen-bond donors (Lipinski definition) is 2. The number of carbonyl (C=O) groups is 2. The molecule has 1 fully saturated rings. The van der Waals surface area contributed by atoms with E-state index in [0.29, 0.717) is 31.1 Å². The van der Waals surface area contributed by atoms with Crippen LogP contribution in [0.2, 0.25) is 0 Å². The molecule has 0 spiro atoms. The molecule has 0 unspecified atom stereocenters. The van der Waals surface area contributed by atoms with Crippen molar-refractivity contribution in [1.29, 1.82) is 0 Å². The van der Waals surface area contributed by atoms with Gasteiger partial charge in [0.05, 0.1) is 5.52 Å². The number of aromatic nitrogens is 2. The van der Waals surface area contributed by atoms with Crippen LogP contribution in [0.4, 0.5) is 0 Å². The van der Waals surface area contributed by atoms with E-state index in [4.69, 9.17) is 0 Å². The molecule has 1 aliphatic rings. The van der Waals surface area contributed by atoms with Crippen LogP contribution >= 0.6 is 0 Å². The molecule has 1 aromatic carbocycles. The highest BCUT2D eigenvalue weighted by atomic mass is 16.2. The van der Waals surface area contributed by atoms with E-state index < -0.39 is 0 Å². The van der Waals surface area contributed by atoms with E-state index >= 15 is 0 Å². The highest BCUT2D eigenvalue weighted by Crippen LogP contribution is 2.17. The summed E-state index contributed by atoms with van der Waals surface area (Å²) >= 11 is 0. The average Bonchev–Trinajstić information content (AvgIpc) is 2.99. The molecule has 1 saturated heterocycles. The van der Waals surface area contributed by atoms with Crippen molar-refractivity contribution in [2.75, 3.05) is 13.1 Å². The Balaban J connectivity index is 1.56. The number of benzene rings is 1. The molecule has 0 radical (unpaired) electrons. The van der Waals surface area contributed by atoms with Crippen LogP contribution in [-0.2, 0) is 4.79 Å². The fraction of sp³-hybridized carbons (Fsp3) is 0.500. The highest BCUT2D eigenvalue weighted by molar-refractivity contribution is 6.04. The predicted octanol–water partition coefficient (Wildman–Crippen LogP) is 2.33. The van der Waals surface area contributed by atoms with Crippen molar-refractivity contribution in [3.05, 3.63) is 30.0 Å². The molecule has 2 aromatic rings. The van der Waals surface area contributed by atoms with Crippen molar-refractivity contribution in [2.24, 2.45) is 5.92 Å². The first-order chi connectivity index (χ1) is 11.5. The molecule has 3 rings (SSSR count). The van der Waals surface area contributed by atoms with Crippen molar-refractivity contribution in [1.82, 2.24) is 20.4 Å². The zero-order valence-corrected chi connectivity index (χ0v) is 14.2. The predicted molar refractivity (Wildman–Crippen MR) is 92.6 cm³/mol. The van der Waals surface area contributed by atoms with Gasteiger partial charge in [-0.2, -0.15) is 5.10 Å². The minimum absolute atomic E-state index is 0.0936. The van der Waals surface area contributed by atoms with E-state index in [1.807, 2.05) is 29.2 Å². The number of para-hydroxylation sites is 1. The summed E-state index contributed by atoms with van der Waals surface area (Å²) in [6, 6.07) is 7.69. The zero-order chi connectivity index (χ0) is 17.1. The van der Waals surface area contributed by atoms with Crippen LogP contribution in [0.5, 0.6) is 0 Å². The van der Waals surface area contributed by atoms with Crippen LogP contribution in [-0.4, -0.2) is 46.0 Å². The number of rotatable bonds is 4.